The maximum Gasteiger partial charge on any atom is 0.573 e. The van der Waals surface area contributed by atoms with Crippen LogP contribution in [-0.4, -0.2) is 21.0 Å². The zero-order valence-corrected chi connectivity index (χ0v) is 10.2. The van der Waals surface area contributed by atoms with E-state index in [1.54, 1.807) is 0 Å². The van der Waals surface area contributed by atoms with Gasteiger partial charge in [-0.25, -0.2) is 13.6 Å². The Balaban J connectivity index is 3.43. The number of rotatable bonds is 3. The number of hydrogen-bond donors (Lipinski definition) is 1. The van der Waals surface area contributed by atoms with Gasteiger partial charge in [0, 0.05) is 5.56 Å². The fourth-order valence-electron chi connectivity index (χ4n) is 1.45. The summed E-state index contributed by atoms with van der Waals surface area (Å²) in [4.78, 5) is 0. The molecule has 2 N–H and O–H groups in total. The number of nitrogens with two attached hydrogens (primary N) is 1. The van der Waals surface area contributed by atoms with E-state index in [1.165, 1.54) is 0 Å². The van der Waals surface area contributed by atoms with E-state index in [9.17, 15) is 34.8 Å². The number of primary sulfonamides is 1. The van der Waals surface area contributed by atoms with E-state index < -0.39 is 39.1 Å². The van der Waals surface area contributed by atoms with Crippen molar-refractivity contribution in [1.29, 1.82) is 0 Å². The number of ether oxygens (including phenoxy) is 1. The Morgan fingerprint density at radius 1 is 1.05 bits per heavy atom. The Morgan fingerprint density at radius 3 is 1.95 bits per heavy atom. The first kappa shape index (κ1) is 16.6. The summed E-state index contributed by atoms with van der Waals surface area (Å²) >= 11 is 0. The highest BCUT2D eigenvalue weighted by Gasteiger charge is 2.50. The van der Waals surface area contributed by atoms with Gasteiger partial charge in [0.2, 0.25) is 10.0 Å². The lowest BCUT2D eigenvalue weighted by Gasteiger charge is -2.21. The predicted octanol–water partition coefficient (Wildman–Crippen LogP) is 2.48. The molecule has 0 bridgehead atoms. The highest BCUT2D eigenvalue weighted by molar-refractivity contribution is 7.89. The van der Waals surface area contributed by atoms with Gasteiger partial charge in [-0.15, -0.1) is 13.2 Å². The van der Waals surface area contributed by atoms with Crippen LogP contribution >= 0.6 is 0 Å². The zero-order valence-electron chi connectivity index (χ0n) is 9.36. The molecule has 1 atom stereocenters. The molecule has 114 valence electrons. The summed E-state index contributed by atoms with van der Waals surface area (Å²) in [5.41, 5.74) is -1.24. The molecule has 0 aromatic heterocycles. The summed E-state index contributed by atoms with van der Waals surface area (Å²) in [6.07, 6.45) is -10.7. The summed E-state index contributed by atoms with van der Waals surface area (Å²) in [5, 5.41) is 1.13. The van der Waals surface area contributed by atoms with E-state index >= 15 is 0 Å². The second-order valence-corrected chi connectivity index (χ2v) is 5.25. The van der Waals surface area contributed by atoms with Crippen LogP contribution in [0.5, 0.6) is 5.75 Å². The minimum absolute atomic E-state index is 0.545. The topological polar surface area (TPSA) is 69.4 Å². The van der Waals surface area contributed by atoms with Crippen molar-refractivity contribution in [2.24, 2.45) is 5.14 Å². The number of halogens is 6. The second-order valence-electron chi connectivity index (χ2n) is 3.60. The van der Waals surface area contributed by atoms with Crippen molar-refractivity contribution in [2.75, 3.05) is 0 Å². The highest BCUT2D eigenvalue weighted by atomic mass is 32.2. The van der Waals surface area contributed by atoms with Crippen molar-refractivity contribution in [3.63, 3.8) is 0 Å². The molecule has 1 aromatic carbocycles. The quantitative estimate of drug-likeness (QED) is 0.869. The van der Waals surface area contributed by atoms with E-state index in [0.29, 0.717) is 12.1 Å². The Labute approximate surface area is 109 Å². The minimum Gasteiger partial charge on any atom is -0.405 e. The summed E-state index contributed by atoms with van der Waals surface area (Å²) in [6, 6.07) is 3.00. The monoisotopic (exact) mass is 323 g/mol. The van der Waals surface area contributed by atoms with Crippen molar-refractivity contribution in [2.45, 2.75) is 17.8 Å². The van der Waals surface area contributed by atoms with Gasteiger partial charge in [0.25, 0.3) is 0 Å². The van der Waals surface area contributed by atoms with Crippen molar-refractivity contribution < 1.29 is 39.5 Å². The van der Waals surface area contributed by atoms with Gasteiger partial charge in [0.15, 0.2) is 5.25 Å². The molecule has 0 spiro atoms. The molecule has 4 nitrogen and oxygen atoms in total. The minimum atomic E-state index is -5.39. The standard InChI is InChI=1S/C9H7F6NO3S/c10-8(11,12)7(20(16,17)18)5-3-1-2-4-6(5)19-9(13,14)15/h1-4,7H,(H2,16,17,18). The lowest BCUT2D eigenvalue weighted by Crippen LogP contribution is -2.34. The average Bonchev–Trinajstić information content (AvgIpc) is 2.14. The van der Waals surface area contributed by atoms with E-state index in [2.05, 4.69) is 9.88 Å². The van der Waals surface area contributed by atoms with Crippen molar-refractivity contribution in [3.05, 3.63) is 29.8 Å². The fraction of sp³-hybridized carbons (Fsp3) is 0.333. The molecule has 20 heavy (non-hydrogen) atoms. The van der Waals surface area contributed by atoms with Crippen LogP contribution in [0.25, 0.3) is 0 Å². The van der Waals surface area contributed by atoms with Gasteiger partial charge in [-0.3, -0.25) is 0 Å². The highest BCUT2D eigenvalue weighted by Crippen LogP contribution is 2.42. The molecule has 0 fully saturated rings. The van der Waals surface area contributed by atoms with Crippen molar-refractivity contribution in [1.82, 2.24) is 0 Å². The largest absolute Gasteiger partial charge is 0.573 e. The molecule has 0 aliphatic heterocycles. The van der Waals surface area contributed by atoms with Gasteiger partial charge in [0.1, 0.15) is 5.75 Å². The Bertz CT molecular complexity index is 580. The summed E-state index contributed by atoms with van der Waals surface area (Å²) < 4.78 is 99.9. The molecule has 0 aliphatic carbocycles. The third kappa shape index (κ3) is 4.27. The van der Waals surface area contributed by atoms with E-state index in [4.69, 9.17) is 0 Å². The van der Waals surface area contributed by atoms with Crippen molar-refractivity contribution >= 4 is 10.0 Å². The van der Waals surface area contributed by atoms with Crippen LogP contribution < -0.4 is 9.88 Å². The van der Waals surface area contributed by atoms with Gasteiger partial charge in [-0.05, 0) is 6.07 Å². The van der Waals surface area contributed by atoms with Crippen LogP contribution in [0.15, 0.2) is 24.3 Å². The number of sulfonamides is 1. The molecule has 0 saturated heterocycles. The molecule has 1 rings (SSSR count). The summed E-state index contributed by atoms with van der Waals surface area (Å²) in [6.45, 7) is 0. The van der Waals surface area contributed by atoms with Gasteiger partial charge in [-0.1, -0.05) is 18.2 Å². The number of alkyl halides is 6. The first-order chi connectivity index (χ1) is 8.82. The predicted molar refractivity (Wildman–Crippen MR) is 55.0 cm³/mol. The van der Waals surface area contributed by atoms with Gasteiger partial charge >= 0.3 is 12.5 Å². The fourth-order valence-corrected chi connectivity index (χ4v) is 2.38. The van der Waals surface area contributed by atoms with E-state index in [-0.39, 0.29) is 0 Å². The average molecular weight is 323 g/mol. The first-order valence-electron chi connectivity index (χ1n) is 4.75. The number of hydrogen-bond acceptors (Lipinski definition) is 3. The Hall–Kier alpha value is -1.49. The number of benzene rings is 1. The first-order valence-corrected chi connectivity index (χ1v) is 6.36. The van der Waals surface area contributed by atoms with Gasteiger partial charge in [-0.2, -0.15) is 13.2 Å². The molecule has 11 heteroatoms. The Morgan fingerprint density at radius 2 is 1.55 bits per heavy atom. The van der Waals surface area contributed by atoms with Crippen LogP contribution in [0.1, 0.15) is 10.8 Å². The molecule has 1 unspecified atom stereocenters. The molecular formula is C9H7F6NO3S. The zero-order chi connectivity index (χ0) is 15.8. The van der Waals surface area contributed by atoms with Gasteiger partial charge in [0.05, 0.1) is 0 Å². The molecular weight excluding hydrogens is 316 g/mol. The van der Waals surface area contributed by atoms with Crippen LogP contribution in [0.2, 0.25) is 0 Å². The second kappa shape index (κ2) is 5.13. The lowest BCUT2D eigenvalue weighted by atomic mass is 10.1. The molecule has 0 aliphatic rings. The van der Waals surface area contributed by atoms with Crippen LogP contribution in [0.4, 0.5) is 26.3 Å². The smallest absolute Gasteiger partial charge is 0.405 e. The molecule has 0 radical (unpaired) electrons. The molecule has 0 heterocycles. The number of para-hydroxylation sites is 1. The molecule has 0 saturated carbocycles. The van der Waals surface area contributed by atoms with E-state index in [1.807, 2.05) is 0 Å². The van der Waals surface area contributed by atoms with E-state index in [0.717, 1.165) is 12.1 Å². The molecule has 1 aromatic rings. The third-order valence-corrected chi connectivity index (χ3v) is 3.23. The van der Waals surface area contributed by atoms with Crippen molar-refractivity contribution in [3.8, 4) is 5.75 Å². The maximum atomic E-state index is 12.7. The van der Waals surface area contributed by atoms with Gasteiger partial charge < -0.3 is 4.74 Å². The van der Waals surface area contributed by atoms with Crippen LogP contribution in [0, 0.1) is 0 Å². The SMILES string of the molecule is NS(=O)(=O)C(c1ccccc1OC(F)(F)F)C(F)(F)F. The molecule has 0 amide bonds. The lowest BCUT2D eigenvalue weighted by molar-refractivity contribution is -0.275. The Kier molecular flexibility index (Phi) is 4.25. The normalized spacial score (nSPS) is 14.9. The third-order valence-electron chi connectivity index (χ3n) is 2.05. The summed E-state index contributed by atoms with van der Waals surface area (Å²) in [7, 11) is -5.23. The van der Waals surface area contributed by atoms with Crippen LogP contribution in [-0.2, 0) is 10.0 Å². The van der Waals surface area contributed by atoms with Crippen LogP contribution in [0.3, 0.4) is 0 Å². The summed E-state index contributed by atoms with van der Waals surface area (Å²) in [5.74, 6) is -1.28. The maximum absolute atomic E-state index is 12.7.